The molecule has 7 heteroatoms. The first-order valence-electron chi connectivity index (χ1n) is 11.1. The van der Waals surface area contributed by atoms with E-state index in [9.17, 15) is 13.2 Å². The number of nitrogens with zero attached hydrogens (tertiary/aromatic N) is 1. The van der Waals surface area contributed by atoms with Crippen molar-refractivity contribution in [2.24, 2.45) is 0 Å². The molecule has 164 valence electrons. The fourth-order valence-corrected chi connectivity index (χ4v) is 7.48. The number of sulfonamides is 1. The van der Waals surface area contributed by atoms with Gasteiger partial charge in [0.05, 0.1) is 10.4 Å². The average Bonchev–Trinajstić information content (AvgIpc) is 2.90. The Bertz CT molecular complexity index is 1270. The van der Waals surface area contributed by atoms with Gasteiger partial charge in [0, 0.05) is 18.2 Å². The Morgan fingerprint density at radius 3 is 2.58 bits per heavy atom. The molecule has 1 aliphatic heterocycles. The summed E-state index contributed by atoms with van der Waals surface area (Å²) in [7, 11) is -3.80. The van der Waals surface area contributed by atoms with Gasteiger partial charge in [0.1, 0.15) is 0 Å². The summed E-state index contributed by atoms with van der Waals surface area (Å²) in [5.41, 5.74) is 2.69. The van der Waals surface area contributed by atoms with Crippen LogP contribution in [0.1, 0.15) is 68.9 Å². The highest BCUT2D eigenvalue weighted by molar-refractivity contribution is 7.89. The van der Waals surface area contributed by atoms with E-state index in [0.717, 1.165) is 50.5 Å². The van der Waals surface area contributed by atoms with Crippen molar-refractivity contribution in [3.05, 3.63) is 64.1 Å². The summed E-state index contributed by atoms with van der Waals surface area (Å²) in [6.45, 7) is 2.60. The predicted molar refractivity (Wildman–Crippen MR) is 119 cm³/mol. The number of aromatic nitrogens is 1. The molecule has 0 amide bonds. The van der Waals surface area contributed by atoms with Gasteiger partial charge < -0.3 is 4.42 Å². The summed E-state index contributed by atoms with van der Waals surface area (Å²) in [6, 6.07) is 12.9. The number of hydrogen-bond acceptors (Lipinski definition) is 4. The van der Waals surface area contributed by atoms with Crippen molar-refractivity contribution in [2.75, 3.05) is 0 Å². The fourth-order valence-electron chi connectivity index (χ4n) is 5.66. The van der Waals surface area contributed by atoms with Crippen LogP contribution in [0.3, 0.4) is 0 Å². The lowest BCUT2D eigenvalue weighted by molar-refractivity contribution is 0.140. The largest absolute Gasteiger partial charge is 0.417 e. The van der Waals surface area contributed by atoms with Gasteiger partial charge in [-0.2, -0.15) is 4.31 Å². The summed E-state index contributed by atoms with van der Waals surface area (Å²) in [6.07, 6.45) is 6.97. The van der Waals surface area contributed by atoms with E-state index in [1.54, 1.807) is 16.4 Å². The standard InChI is InChI=1S/C24H28N2O4S/c1-17-15-24(12-6-2-3-7-13-24)26(16-18-8-4-5-9-20(17)18)31(28,29)19-10-11-21-22(14-19)30-23(27)25-21/h4-5,8-11,14,17H,2-3,6-7,12-13,15-16H2,1H3,(H,25,27). The number of nitrogens with one attached hydrogen (secondary N) is 1. The Morgan fingerprint density at radius 2 is 1.81 bits per heavy atom. The van der Waals surface area contributed by atoms with Crippen LogP contribution in [0.5, 0.6) is 0 Å². The van der Waals surface area contributed by atoms with Crippen molar-refractivity contribution >= 4 is 21.1 Å². The molecule has 0 radical (unpaired) electrons. The number of benzene rings is 2. The van der Waals surface area contributed by atoms with Crippen LogP contribution in [0.4, 0.5) is 0 Å². The first kappa shape index (κ1) is 20.5. The van der Waals surface area contributed by atoms with E-state index in [2.05, 4.69) is 24.0 Å². The van der Waals surface area contributed by atoms with Crippen LogP contribution in [0.25, 0.3) is 11.1 Å². The van der Waals surface area contributed by atoms with Crippen LogP contribution in [0, 0.1) is 0 Å². The Morgan fingerprint density at radius 1 is 1.06 bits per heavy atom. The molecule has 1 N–H and O–H groups in total. The molecule has 2 aliphatic rings. The average molecular weight is 441 g/mol. The van der Waals surface area contributed by atoms with Gasteiger partial charge in [-0.1, -0.05) is 56.9 Å². The lowest BCUT2D eigenvalue weighted by Gasteiger charge is -2.42. The van der Waals surface area contributed by atoms with Gasteiger partial charge in [0.2, 0.25) is 10.0 Å². The maximum absolute atomic E-state index is 14.1. The van der Waals surface area contributed by atoms with Crippen LogP contribution >= 0.6 is 0 Å². The molecule has 1 spiro atoms. The third-order valence-corrected chi connectivity index (χ3v) is 9.08. The number of oxazole rings is 1. The molecule has 1 fully saturated rings. The summed E-state index contributed by atoms with van der Waals surface area (Å²) < 4.78 is 35.1. The second-order valence-corrected chi connectivity index (χ2v) is 11.0. The Hall–Kier alpha value is -2.38. The minimum absolute atomic E-state index is 0.179. The van der Waals surface area contributed by atoms with Gasteiger partial charge in [0.25, 0.3) is 0 Å². The summed E-state index contributed by atoms with van der Waals surface area (Å²) >= 11 is 0. The molecule has 2 heterocycles. The summed E-state index contributed by atoms with van der Waals surface area (Å²) in [5, 5.41) is 0. The van der Waals surface area contributed by atoms with E-state index in [0.29, 0.717) is 18.0 Å². The number of H-pyrrole nitrogens is 1. The molecule has 31 heavy (non-hydrogen) atoms. The highest BCUT2D eigenvalue weighted by Crippen LogP contribution is 2.46. The summed E-state index contributed by atoms with van der Waals surface area (Å²) in [5.74, 6) is -0.290. The van der Waals surface area contributed by atoms with Crippen molar-refractivity contribution in [3.63, 3.8) is 0 Å². The molecule has 0 bridgehead atoms. The molecular formula is C24H28N2O4S. The fraction of sp³-hybridized carbons (Fsp3) is 0.458. The second kappa shape index (κ2) is 7.64. The number of hydrogen-bond donors (Lipinski definition) is 1. The van der Waals surface area contributed by atoms with Crippen molar-refractivity contribution in [2.45, 2.75) is 74.8 Å². The smallest absolute Gasteiger partial charge is 0.408 e. The summed E-state index contributed by atoms with van der Waals surface area (Å²) in [4.78, 5) is 14.3. The van der Waals surface area contributed by atoms with E-state index in [1.165, 1.54) is 11.6 Å². The van der Waals surface area contributed by atoms with E-state index in [1.807, 2.05) is 12.1 Å². The lowest BCUT2D eigenvalue weighted by Crippen LogP contribution is -2.50. The van der Waals surface area contributed by atoms with Gasteiger partial charge in [-0.25, -0.2) is 13.2 Å². The zero-order valence-electron chi connectivity index (χ0n) is 17.8. The molecule has 1 aliphatic carbocycles. The minimum Gasteiger partial charge on any atom is -0.408 e. The van der Waals surface area contributed by atoms with Gasteiger partial charge in [-0.05, 0) is 48.4 Å². The molecule has 1 atom stereocenters. The van der Waals surface area contributed by atoms with E-state index < -0.39 is 21.3 Å². The minimum atomic E-state index is -3.80. The highest BCUT2D eigenvalue weighted by atomic mass is 32.2. The van der Waals surface area contributed by atoms with Gasteiger partial charge in [-0.3, -0.25) is 4.98 Å². The topological polar surface area (TPSA) is 83.4 Å². The molecule has 1 aromatic heterocycles. The molecule has 0 saturated heterocycles. The predicted octanol–water partition coefficient (Wildman–Crippen LogP) is 4.91. The van der Waals surface area contributed by atoms with Gasteiger partial charge in [-0.15, -0.1) is 0 Å². The number of aromatic amines is 1. The first-order chi connectivity index (χ1) is 14.9. The van der Waals surface area contributed by atoms with Crippen LogP contribution < -0.4 is 5.76 Å². The third-order valence-electron chi connectivity index (χ3n) is 7.13. The molecule has 1 saturated carbocycles. The highest BCUT2D eigenvalue weighted by Gasteiger charge is 2.47. The normalized spacial score (nSPS) is 22.2. The maximum Gasteiger partial charge on any atom is 0.417 e. The monoisotopic (exact) mass is 440 g/mol. The van der Waals surface area contributed by atoms with Crippen LogP contribution in [0.15, 0.2) is 56.6 Å². The van der Waals surface area contributed by atoms with E-state index in [4.69, 9.17) is 4.42 Å². The molecule has 3 aromatic rings. The maximum atomic E-state index is 14.1. The van der Waals surface area contributed by atoms with Crippen molar-refractivity contribution in [1.29, 1.82) is 0 Å². The Labute approximate surface area is 182 Å². The molecule has 2 aromatic carbocycles. The van der Waals surface area contributed by atoms with Gasteiger partial charge >= 0.3 is 5.76 Å². The lowest BCUT2D eigenvalue weighted by atomic mass is 9.80. The Balaban J connectivity index is 1.67. The molecule has 1 unspecified atom stereocenters. The zero-order valence-corrected chi connectivity index (χ0v) is 18.6. The number of rotatable bonds is 2. The van der Waals surface area contributed by atoms with Crippen molar-refractivity contribution in [3.8, 4) is 0 Å². The quantitative estimate of drug-likeness (QED) is 0.614. The molecular weight excluding hydrogens is 412 g/mol. The van der Waals surface area contributed by atoms with Crippen LogP contribution in [0.2, 0.25) is 0 Å². The van der Waals surface area contributed by atoms with Crippen LogP contribution in [-0.2, 0) is 16.6 Å². The van der Waals surface area contributed by atoms with E-state index >= 15 is 0 Å². The van der Waals surface area contributed by atoms with Crippen LogP contribution in [-0.4, -0.2) is 23.2 Å². The zero-order chi connectivity index (χ0) is 21.6. The van der Waals surface area contributed by atoms with Gasteiger partial charge in [0.15, 0.2) is 5.58 Å². The van der Waals surface area contributed by atoms with Crippen molar-refractivity contribution in [1.82, 2.24) is 9.29 Å². The number of fused-ring (bicyclic) bond motifs is 2. The SMILES string of the molecule is CC1CC2(CCCCCC2)N(S(=O)(=O)c2ccc3[nH]c(=O)oc3c2)Cc2ccccc21. The molecule has 5 rings (SSSR count). The first-order valence-corrected chi connectivity index (χ1v) is 12.6. The molecule has 6 nitrogen and oxygen atoms in total. The third kappa shape index (κ3) is 3.53. The van der Waals surface area contributed by atoms with E-state index in [-0.39, 0.29) is 10.5 Å². The Kier molecular flexibility index (Phi) is 5.06. The second-order valence-electron chi connectivity index (χ2n) is 9.13. The van der Waals surface area contributed by atoms with Crippen molar-refractivity contribution < 1.29 is 12.8 Å².